The zero-order chi connectivity index (χ0) is 17.7. The van der Waals surface area contributed by atoms with Crippen LogP contribution >= 0.6 is 0 Å². The van der Waals surface area contributed by atoms with Gasteiger partial charge in [-0.25, -0.2) is 4.98 Å². The molecule has 0 saturated carbocycles. The minimum atomic E-state index is 0.000860. The maximum atomic E-state index is 12.3. The molecule has 2 aliphatic heterocycles. The zero-order valence-corrected chi connectivity index (χ0v) is 14.6. The van der Waals surface area contributed by atoms with Crippen molar-refractivity contribution in [1.29, 1.82) is 0 Å². The van der Waals surface area contributed by atoms with E-state index in [0.717, 1.165) is 46.9 Å². The van der Waals surface area contributed by atoms with Crippen LogP contribution in [0.3, 0.4) is 0 Å². The summed E-state index contributed by atoms with van der Waals surface area (Å²) >= 11 is 0. The predicted molar refractivity (Wildman–Crippen MR) is 102 cm³/mol. The van der Waals surface area contributed by atoms with E-state index < -0.39 is 0 Å². The minimum absolute atomic E-state index is 0.000860. The van der Waals surface area contributed by atoms with Gasteiger partial charge in [0.15, 0.2) is 0 Å². The summed E-state index contributed by atoms with van der Waals surface area (Å²) in [5.41, 5.74) is 8.87. The number of carbonyl (C=O) groups is 1. The summed E-state index contributed by atoms with van der Waals surface area (Å²) in [7, 11) is 0. The molecule has 0 unspecified atom stereocenters. The highest BCUT2D eigenvalue weighted by molar-refractivity contribution is 5.96. The molecule has 0 spiro atoms. The summed E-state index contributed by atoms with van der Waals surface area (Å²) in [6, 6.07) is 12.7. The number of hydrogen-bond donors (Lipinski definition) is 3. The van der Waals surface area contributed by atoms with Crippen LogP contribution in [0.25, 0.3) is 0 Å². The predicted octanol–water partition coefficient (Wildman–Crippen LogP) is 4.03. The molecule has 5 nitrogen and oxygen atoms in total. The van der Waals surface area contributed by atoms with E-state index in [9.17, 15) is 4.79 Å². The molecule has 5 heteroatoms. The monoisotopic (exact) mass is 344 g/mol. The van der Waals surface area contributed by atoms with Crippen LogP contribution < -0.4 is 10.6 Å². The number of imidazole rings is 1. The van der Waals surface area contributed by atoms with Crippen LogP contribution in [0.5, 0.6) is 0 Å². The van der Waals surface area contributed by atoms with E-state index >= 15 is 0 Å². The maximum Gasteiger partial charge on any atom is 0.225 e. The third-order valence-corrected chi connectivity index (χ3v) is 5.46. The fourth-order valence-electron chi connectivity index (χ4n) is 4.12. The Labute approximate surface area is 151 Å². The number of aromatic nitrogens is 2. The highest BCUT2D eigenvalue weighted by Crippen LogP contribution is 2.42. The Morgan fingerprint density at radius 1 is 1.00 bits per heavy atom. The number of rotatable bonds is 1. The van der Waals surface area contributed by atoms with Gasteiger partial charge in [-0.05, 0) is 48.6 Å². The van der Waals surface area contributed by atoms with Crippen molar-refractivity contribution in [3.8, 4) is 0 Å². The molecule has 2 aromatic carbocycles. The number of amides is 1. The molecule has 26 heavy (non-hydrogen) atoms. The first-order valence-corrected chi connectivity index (χ1v) is 9.00. The van der Waals surface area contributed by atoms with Crippen molar-refractivity contribution < 1.29 is 4.79 Å². The van der Waals surface area contributed by atoms with Crippen LogP contribution in [0.2, 0.25) is 0 Å². The number of H-pyrrole nitrogens is 1. The van der Waals surface area contributed by atoms with Gasteiger partial charge in [0.2, 0.25) is 5.91 Å². The molecule has 1 aromatic heterocycles. The molecule has 0 fully saturated rings. The van der Waals surface area contributed by atoms with Gasteiger partial charge in [-0.3, -0.25) is 4.79 Å². The lowest BCUT2D eigenvalue weighted by Crippen LogP contribution is -2.24. The van der Waals surface area contributed by atoms with Crippen LogP contribution in [0.1, 0.15) is 40.4 Å². The summed E-state index contributed by atoms with van der Waals surface area (Å²) in [5.74, 6) is 0.0415. The summed E-state index contributed by atoms with van der Waals surface area (Å²) in [4.78, 5) is 19.9. The molecule has 0 saturated heterocycles. The van der Waals surface area contributed by atoms with Crippen molar-refractivity contribution in [1.82, 2.24) is 9.97 Å². The minimum Gasteiger partial charge on any atom is -0.355 e. The van der Waals surface area contributed by atoms with Gasteiger partial charge in [-0.1, -0.05) is 24.3 Å². The van der Waals surface area contributed by atoms with Gasteiger partial charge in [-0.2, -0.15) is 0 Å². The van der Waals surface area contributed by atoms with Crippen molar-refractivity contribution >= 4 is 23.0 Å². The summed E-state index contributed by atoms with van der Waals surface area (Å²) < 4.78 is 0. The van der Waals surface area contributed by atoms with Crippen molar-refractivity contribution in [2.45, 2.75) is 32.1 Å². The Balaban J connectivity index is 1.62. The molecule has 3 aromatic rings. The van der Waals surface area contributed by atoms with Crippen LogP contribution in [-0.2, 0) is 17.6 Å². The lowest BCUT2D eigenvalue weighted by atomic mass is 9.85. The number of aryl methyl sites for hydroxylation is 3. The maximum absolute atomic E-state index is 12.3. The Morgan fingerprint density at radius 3 is 2.69 bits per heavy atom. The summed E-state index contributed by atoms with van der Waals surface area (Å²) in [6.07, 6.45) is 4.13. The number of nitrogens with zero attached hydrogens (tertiary/aromatic N) is 1. The molecule has 0 radical (unpaired) electrons. The first kappa shape index (κ1) is 15.2. The summed E-state index contributed by atoms with van der Waals surface area (Å²) in [6.45, 7) is 2.01. The third-order valence-electron chi connectivity index (χ3n) is 5.46. The van der Waals surface area contributed by atoms with E-state index in [0.29, 0.717) is 6.42 Å². The van der Waals surface area contributed by atoms with E-state index in [4.69, 9.17) is 0 Å². The molecular formula is C21H20N4O. The van der Waals surface area contributed by atoms with Gasteiger partial charge < -0.3 is 15.6 Å². The first-order valence-electron chi connectivity index (χ1n) is 9.00. The van der Waals surface area contributed by atoms with Gasteiger partial charge in [0.1, 0.15) is 0 Å². The van der Waals surface area contributed by atoms with E-state index in [1.807, 2.05) is 13.0 Å². The molecule has 5 rings (SSSR count). The van der Waals surface area contributed by atoms with Crippen molar-refractivity contribution in [2.24, 2.45) is 0 Å². The van der Waals surface area contributed by atoms with Gasteiger partial charge in [-0.15, -0.1) is 0 Å². The number of benzene rings is 2. The molecule has 130 valence electrons. The quantitative estimate of drug-likeness (QED) is 0.624. The van der Waals surface area contributed by atoms with E-state index in [-0.39, 0.29) is 11.8 Å². The van der Waals surface area contributed by atoms with Crippen LogP contribution in [0, 0.1) is 6.92 Å². The van der Waals surface area contributed by atoms with Crippen LogP contribution in [0.4, 0.5) is 17.1 Å². The SMILES string of the molecule is Cc1[nH]cnc1[C@@H]1CC(=O)Nc2cc3c(cc21)CCc1ccccc1N3. The highest BCUT2D eigenvalue weighted by Gasteiger charge is 2.30. The fourth-order valence-corrected chi connectivity index (χ4v) is 4.12. The number of para-hydroxylation sites is 1. The second kappa shape index (κ2) is 5.73. The zero-order valence-electron chi connectivity index (χ0n) is 14.6. The van der Waals surface area contributed by atoms with Crippen LogP contribution in [0.15, 0.2) is 42.7 Å². The number of hydrogen-bond acceptors (Lipinski definition) is 3. The molecule has 3 heterocycles. The van der Waals surface area contributed by atoms with Crippen molar-refractivity contribution in [3.63, 3.8) is 0 Å². The molecule has 2 aliphatic rings. The fraction of sp³-hybridized carbons (Fsp3) is 0.238. The van der Waals surface area contributed by atoms with Crippen LogP contribution in [-0.4, -0.2) is 15.9 Å². The Hall–Kier alpha value is -3.08. The number of anilines is 3. The molecular weight excluding hydrogens is 324 g/mol. The van der Waals surface area contributed by atoms with E-state index in [1.54, 1.807) is 6.33 Å². The molecule has 1 amide bonds. The van der Waals surface area contributed by atoms with Gasteiger partial charge in [0, 0.05) is 35.1 Å². The first-order chi connectivity index (χ1) is 12.7. The average Bonchev–Trinajstić information content (AvgIpc) is 2.97. The van der Waals surface area contributed by atoms with E-state index in [2.05, 4.69) is 50.9 Å². The van der Waals surface area contributed by atoms with Gasteiger partial charge in [0.25, 0.3) is 0 Å². The van der Waals surface area contributed by atoms with Crippen molar-refractivity contribution in [3.05, 3.63) is 70.8 Å². The molecule has 1 atom stereocenters. The van der Waals surface area contributed by atoms with Gasteiger partial charge >= 0.3 is 0 Å². The smallest absolute Gasteiger partial charge is 0.225 e. The molecule has 3 N–H and O–H groups in total. The largest absolute Gasteiger partial charge is 0.355 e. The second-order valence-electron chi connectivity index (χ2n) is 7.10. The van der Waals surface area contributed by atoms with Gasteiger partial charge in [0.05, 0.1) is 12.0 Å². The topological polar surface area (TPSA) is 69.8 Å². The normalized spacial score (nSPS) is 18.0. The highest BCUT2D eigenvalue weighted by atomic mass is 16.1. The van der Waals surface area contributed by atoms with Crippen molar-refractivity contribution in [2.75, 3.05) is 10.6 Å². The number of fused-ring (bicyclic) bond motifs is 3. The second-order valence-corrected chi connectivity index (χ2v) is 7.10. The molecule has 0 aliphatic carbocycles. The Kier molecular flexibility index (Phi) is 3.35. The lowest BCUT2D eigenvalue weighted by molar-refractivity contribution is -0.116. The number of nitrogens with one attached hydrogen (secondary N) is 3. The average molecular weight is 344 g/mol. The molecule has 0 bridgehead atoms. The standard InChI is InChI=1S/C21H20N4O/c1-12-21(23-11-22-12)16-9-20(26)25-19-10-18-14(8-15(16)19)7-6-13-4-2-3-5-17(13)24-18/h2-5,8,10-11,16,24H,6-7,9H2,1H3,(H,22,23)(H,25,26)/t16-/m1/s1. The number of aromatic amines is 1. The Bertz CT molecular complexity index is 1020. The Morgan fingerprint density at radius 2 is 1.85 bits per heavy atom. The lowest BCUT2D eigenvalue weighted by Gasteiger charge is -2.27. The third kappa shape index (κ3) is 2.39. The van der Waals surface area contributed by atoms with E-state index in [1.165, 1.54) is 11.1 Å². The summed E-state index contributed by atoms with van der Waals surface area (Å²) in [5, 5.41) is 6.60. The number of carbonyl (C=O) groups excluding carboxylic acids is 1.